The van der Waals surface area contributed by atoms with Gasteiger partial charge in [-0.15, -0.1) is 0 Å². The zero-order valence-electron chi connectivity index (χ0n) is 9.02. The van der Waals surface area contributed by atoms with E-state index < -0.39 is 0 Å². The van der Waals surface area contributed by atoms with E-state index in [9.17, 15) is 9.59 Å². The maximum Gasteiger partial charge on any atom is 0.233 e. The second kappa shape index (κ2) is 3.47. The number of carbonyl (C=O) groups excluding carboxylic acids is 2. The Bertz CT molecular complexity index is 489. The van der Waals surface area contributed by atoms with Crippen molar-refractivity contribution >= 4 is 29.1 Å². The highest BCUT2D eigenvalue weighted by Crippen LogP contribution is 2.47. The van der Waals surface area contributed by atoms with Gasteiger partial charge in [0.1, 0.15) is 0 Å². The summed E-state index contributed by atoms with van der Waals surface area (Å²) in [5, 5.41) is 0.492. The molecular weight excluding hydrogens is 240 g/mol. The molecule has 2 amide bonds. The van der Waals surface area contributed by atoms with E-state index in [1.165, 1.54) is 4.90 Å². The van der Waals surface area contributed by atoms with Crippen molar-refractivity contribution in [2.75, 3.05) is 5.73 Å². The zero-order valence-corrected chi connectivity index (χ0v) is 9.78. The Kier molecular flexibility index (Phi) is 2.16. The summed E-state index contributed by atoms with van der Waals surface area (Å²) >= 11 is 6.02. The number of hydrogen-bond acceptors (Lipinski definition) is 3. The number of nitrogens with two attached hydrogens (primary N) is 1. The smallest absolute Gasteiger partial charge is 0.233 e. The lowest BCUT2D eigenvalue weighted by Gasteiger charge is -2.18. The molecule has 0 bridgehead atoms. The Morgan fingerprint density at radius 1 is 1.29 bits per heavy atom. The highest BCUT2D eigenvalue weighted by Gasteiger charge is 2.58. The number of fused-ring (bicyclic) bond motifs is 1. The number of hydrogen-bond donors (Lipinski definition) is 1. The Balaban J connectivity index is 1.88. The lowest BCUT2D eigenvalue weighted by atomic mass is 10.1. The summed E-state index contributed by atoms with van der Waals surface area (Å²) in [4.78, 5) is 24.9. The van der Waals surface area contributed by atoms with Gasteiger partial charge in [0, 0.05) is 16.3 Å². The van der Waals surface area contributed by atoms with Crippen LogP contribution < -0.4 is 5.73 Å². The summed E-state index contributed by atoms with van der Waals surface area (Å²) in [6.45, 7) is 0.191. The number of likely N-dealkylation sites (tertiary alicyclic amines) is 1. The van der Waals surface area contributed by atoms with Gasteiger partial charge >= 0.3 is 0 Å². The fraction of sp³-hybridized carbons (Fsp3) is 0.333. The van der Waals surface area contributed by atoms with Crippen molar-refractivity contribution in [1.29, 1.82) is 0 Å². The van der Waals surface area contributed by atoms with E-state index in [1.807, 2.05) is 0 Å². The van der Waals surface area contributed by atoms with Crippen LogP contribution in [0.2, 0.25) is 5.02 Å². The predicted molar refractivity (Wildman–Crippen MR) is 63.0 cm³/mol. The molecule has 0 radical (unpaired) electrons. The minimum Gasteiger partial charge on any atom is -0.398 e. The van der Waals surface area contributed by atoms with Crippen LogP contribution >= 0.6 is 11.6 Å². The molecule has 1 heterocycles. The molecule has 2 N–H and O–H groups in total. The van der Waals surface area contributed by atoms with Gasteiger partial charge in [-0.05, 0) is 18.6 Å². The SMILES string of the molecule is Nc1cccc(Cl)c1CN1C(=O)C2CC2C1=O. The van der Waals surface area contributed by atoms with Gasteiger partial charge in [0.2, 0.25) is 11.8 Å². The maximum absolute atomic E-state index is 11.8. The summed E-state index contributed by atoms with van der Waals surface area (Å²) in [5.74, 6) is -0.323. The van der Waals surface area contributed by atoms with Crippen LogP contribution in [0.1, 0.15) is 12.0 Å². The van der Waals surface area contributed by atoms with Crippen LogP contribution in [0.3, 0.4) is 0 Å². The summed E-state index contributed by atoms with van der Waals surface area (Å²) in [6.07, 6.45) is 0.714. The highest BCUT2D eigenvalue weighted by molar-refractivity contribution is 6.31. The Hall–Kier alpha value is -1.55. The molecule has 1 aromatic carbocycles. The molecule has 1 aliphatic heterocycles. The second-order valence-corrected chi connectivity index (χ2v) is 4.93. The topological polar surface area (TPSA) is 63.4 Å². The van der Waals surface area contributed by atoms with Gasteiger partial charge < -0.3 is 5.73 Å². The molecule has 2 atom stereocenters. The van der Waals surface area contributed by atoms with E-state index >= 15 is 0 Å². The third-order valence-electron chi connectivity index (χ3n) is 3.43. The fourth-order valence-corrected chi connectivity index (χ4v) is 2.55. The van der Waals surface area contributed by atoms with Gasteiger partial charge in [0.05, 0.1) is 18.4 Å². The first-order valence-electron chi connectivity index (χ1n) is 5.47. The molecular formula is C12H11ClN2O2. The number of carbonyl (C=O) groups is 2. The second-order valence-electron chi connectivity index (χ2n) is 4.52. The van der Waals surface area contributed by atoms with Gasteiger partial charge in [-0.3, -0.25) is 14.5 Å². The first kappa shape index (κ1) is 10.6. The molecule has 17 heavy (non-hydrogen) atoms. The largest absolute Gasteiger partial charge is 0.398 e. The van der Waals surface area contributed by atoms with Crippen molar-refractivity contribution < 1.29 is 9.59 Å². The molecule has 1 aromatic rings. The normalized spacial score (nSPS) is 26.3. The van der Waals surface area contributed by atoms with Gasteiger partial charge in [-0.2, -0.15) is 0 Å². The first-order chi connectivity index (χ1) is 8.09. The van der Waals surface area contributed by atoms with E-state index in [4.69, 9.17) is 17.3 Å². The van der Waals surface area contributed by atoms with E-state index in [2.05, 4.69) is 0 Å². The van der Waals surface area contributed by atoms with Crippen molar-refractivity contribution in [2.45, 2.75) is 13.0 Å². The Morgan fingerprint density at radius 2 is 1.94 bits per heavy atom. The summed E-state index contributed by atoms with van der Waals surface area (Å²) in [5.41, 5.74) is 6.97. The lowest BCUT2D eigenvalue weighted by molar-refractivity contribution is -0.142. The van der Waals surface area contributed by atoms with Crippen molar-refractivity contribution in [3.8, 4) is 0 Å². The van der Waals surface area contributed by atoms with Gasteiger partial charge in [-0.1, -0.05) is 17.7 Å². The molecule has 2 fully saturated rings. The molecule has 0 spiro atoms. The standard InChI is InChI=1S/C12H11ClN2O2/c13-9-2-1-3-10(14)8(9)5-15-11(16)6-4-7(6)12(15)17/h1-3,6-7H,4-5,14H2. The Labute approximate surface area is 103 Å². The molecule has 1 saturated carbocycles. The van der Waals surface area contributed by atoms with Gasteiger partial charge in [-0.25, -0.2) is 0 Å². The molecule has 5 heteroatoms. The van der Waals surface area contributed by atoms with Crippen LogP contribution in [0.25, 0.3) is 0 Å². The molecule has 2 aliphatic rings. The van der Waals surface area contributed by atoms with Crippen LogP contribution in [-0.2, 0) is 16.1 Å². The number of halogens is 1. The molecule has 1 saturated heterocycles. The summed E-state index contributed by atoms with van der Waals surface area (Å²) in [7, 11) is 0. The quantitative estimate of drug-likeness (QED) is 0.638. The Morgan fingerprint density at radius 3 is 2.53 bits per heavy atom. The van der Waals surface area contributed by atoms with Crippen LogP contribution in [0.4, 0.5) is 5.69 Å². The van der Waals surface area contributed by atoms with Crippen molar-refractivity contribution in [3.05, 3.63) is 28.8 Å². The van der Waals surface area contributed by atoms with Crippen LogP contribution in [-0.4, -0.2) is 16.7 Å². The van der Waals surface area contributed by atoms with E-state index in [0.717, 1.165) is 0 Å². The zero-order chi connectivity index (χ0) is 12.2. The van der Waals surface area contributed by atoms with Crippen LogP contribution in [0.5, 0.6) is 0 Å². The van der Waals surface area contributed by atoms with Crippen molar-refractivity contribution in [2.24, 2.45) is 11.8 Å². The number of imide groups is 1. The maximum atomic E-state index is 11.8. The predicted octanol–water partition coefficient (Wildman–Crippen LogP) is 1.43. The van der Waals surface area contributed by atoms with Gasteiger partial charge in [0.15, 0.2) is 0 Å². The van der Waals surface area contributed by atoms with E-state index in [1.54, 1.807) is 18.2 Å². The van der Waals surface area contributed by atoms with Crippen molar-refractivity contribution in [1.82, 2.24) is 4.90 Å². The van der Waals surface area contributed by atoms with Crippen LogP contribution in [0.15, 0.2) is 18.2 Å². The molecule has 88 valence electrons. The van der Waals surface area contributed by atoms with E-state index in [-0.39, 0.29) is 30.2 Å². The molecule has 1 aliphatic carbocycles. The molecule has 2 unspecified atom stereocenters. The summed E-state index contributed by atoms with van der Waals surface area (Å²) in [6, 6.07) is 5.16. The average Bonchev–Trinajstić information content (AvgIpc) is 3.03. The molecule has 3 rings (SSSR count). The number of amides is 2. The van der Waals surface area contributed by atoms with Crippen molar-refractivity contribution in [3.63, 3.8) is 0 Å². The number of nitrogen functional groups attached to an aromatic ring is 1. The number of benzene rings is 1. The van der Waals surface area contributed by atoms with Crippen LogP contribution in [0, 0.1) is 11.8 Å². The minimum absolute atomic E-state index is 0.0776. The number of rotatable bonds is 2. The van der Waals surface area contributed by atoms with Gasteiger partial charge in [0.25, 0.3) is 0 Å². The number of nitrogens with zero attached hydrogens (tertiary/aromatic N) is 1. The highest BCUT2D eigenvalue weighted by atomic mass is 35.5. The number of piperidine rings is 1. The molecule has 4 nitrogen and oxygen atoms in total. The fourth-order valence-electron chi connectivity index (χ4n) is 2.31. The third kappa shape index (κ3) is 1.52. The lowest BCUT2D eigenvalue weighted by Crippen LogP contribution is -2.32. The third-order valence-corrected chi connectivity index (χ3v) is 3.78. The molecule has 0 aromatic heterocycles. The monoisotopic (exact) mass is 250 g/mol. The minimum atomic E-state index is -0.0840. The summed E-state index contributed by atoms with van der Waals surface area (Å²) < 4.78 is 0. The number of anilines is 1. The average molecular weight is 251 g/mol. The van der Waals surface area contributed by atoms with E-state index in [0.29, 0.717) is 22.7 Å². The first-order valence-corrected chi connectivity index (χ1v) is 5.85.